The minimum atomic E-state index is -1.19. The summed E-state index contributed by atoms with van der Waals surface area (Å²) in [7, 11) is 1.53. The molecule has 0 bridgehead atoms. The Kier molecular flexibility index (Phi) is 7.69. The highest BCUT2D eigenvalue weighted by Crippen LogP contribution is 2.25. The van der Waals surface area contributed by atoms with Gasteiger partial charge in [-0.3, -0.25) is 0 Å². The average molecular weight is 419 g/mol. The van der Waals surface area contributed by atoms with Gasteiger partial charge in [0.1, 0.15) is 6.07 Å². The van der Waals surface area contributed by atoms with Gasteiger partial charge in [0, 0.05) is 25.2 Å². The third kappa shape index (κ3) is 5.66. The molecule has 2 aromatic heterocycles. The maximum absolute atomic E-state index is 14.5. The van der Waals surface area contributed by atoms with Crippen molar-refractivity contribution in [3.05, 3.63) is 35.5 Å². The van der Waals surface area contributed by atoms with Crippen LogP contribution in [0.5, 0.6) is 0 Å². The number of anilines is 4. The predicted molar refractivity (Wildman–Crippen MR) is 109 cm³/mol. The van der Waals surface area contributed by atoms with Gasteiger partial charge in [-0.05, 0) is 19.4 Å². The van der Waals surface area contributed by atoms with Crippen LogP contribution in [0.3, 0.4) is 0 Å². The van der Waals surface area contributed by atoms with Crippen molar-refractivity contribution in [2.45, 2.75) is 38.8 Å². The van der Waals surface area contributed by atoms with E-state index in [2.05, 4.69) is 31.2 Å². The number of nitriles is 1. The molecule has 0 aliphatic carbocycles. The van der Waals surface area contributed by atoms with Crippen LogP contribution in [0.1, 0.15) is 32.3 Å². The fourth-order valence-electron chi connectivity index (χ4n) is 2.83. The molecule has 5 N–H and O–H groups in total. The molecule has 30 heavy (non-hydrogen) atoms. The second kappa shape index (κ2) is 10.2. The third-order valence-corrected chi connectivity index (χ3v) is 4.31. The zero-order valence-electron chi connectivity index (χ0n) is 16.8. The number of nitrogens with one attached hydrogen (secondary N) is 4. The Morgan fingerprint density at radius 3 is 2.53 bits per heavy atom. The molecule has 0 saturated carbocycles. The lowest BCUT2D eigenvalue weighted by Crippen LogP contribution is -2.44. The predicted octanol–water partition coefficient (Wildman–Crippen LogP) is 3.65. The Balaban J connectivity index is 2.34. The molecule has 0 fully saturated rings. The number of hydrogen-bond acceptors (Lipinski definition) is 7. The molecule has 9 nitrogen and oxygen atoms in total. The van der Waals surface area contributed by atoms with Gasteiger partial charge in [-0.15, -0.1) is 0 Å². The molecule has 11 heteroatoms. The monoisotopic (exact) mass is 419 g/mol. The first-order valence-corrected chi connectivity index (χ1v) is 9.26. The first-order valence-electron chi connectivity index (χ1n) is 9.26. The Hall–Kier alpha value is -3.68. The molecule has 0 unspecified atom stereocenters. The molecule has 2 aromatic rings. The van der Waals surface area contributed by atoms with E-state index in [0.29, 0.717) is 6.42 Å². The summed E-state index contributed by atoms with van der Waals surface area (Å²) >= 11 is 0. The molecule has 2 atom stereocenters. The first kappa shape index (κ1) is 22.6. The van der Waals surface area contributed by atoms with Crippen LogP contribution in [0.25, 0.3) is 0 Å². The summed E-state index contributed by atoms with van der Waals surface area (Å²) in [4.78, 5) is 19.0. The van der Waals surface area contributed by atoms with Gasteiger partial charge in [-0.1, -0.05) is 13.3 Å². The van der Waals surface area contributed by atoms with Crippen LogP contribution in [0.15, 0.2) is 18.3 Å². The fourth-order valence-corrected chi connectivity index (χ4v) is 2.83. The van der Waals surface area contributed by atoms with E-state index in [1.807, 2.05) is 13.0 Å². The van der Waals surface area contributed by atoms with E-state index in [4.69, 9.17) is 5.11 Å². The van der Waals surface area contributed by atoms with E-state index in [-0.39, 0.29) is 28.7 Å². The molecule has 0 saturated heterocycles. The number of nitrogens with zero attached hydrogens (tertiary/aromatic N) is 3. The summed E-state index contributed by atoms with van der Waals surface area (Å²) in [6.07, 6.45) is 1.41. The summed E-state index contributed by atoms with van der Waals surface area (Å²) in [5, 5.41) is 28.9. The number of amides is 1. The van der Waals surface area contributed by atoms with Gasteiger partial charge in [-0.25, -0.2) is 23.5 Å². The van der Waals surface area contributed by atoms with Crippen molar-refractivity contribution in [2.24, 2.45) is 0 Å². The molecule has 0 spiro atoms. The summed E-state index contributed by atoms with van der Waals surface area (Å²) in [5.41, 5.74) is 0.138. The van der Waals surface area contributed by atoms with Gasteiger partial charge in [-0.2, -0.15) is 5.26 Å². The van der Waals surface area contributed by atoms with E-state index < -0.39 is 29.8 Å². The van der Waals surface area contributed by atoms with Crippen molar-refractivity contribution in [1.82, 2.24) is 15.3 Å². The lowest BCUT2D eigenvalue weighted by atomic mass is 10.0. The van der Waals surface area contributed by atoms with E-state index >= 15 is 0 Å². The molecule has 0 aliphatic rings. The SMILES string of the molecule is CCC[C@H](Nc1nc(Nc2cnc(NC)c(F)c2)c(C#N)cc1F)[C@H](C)NC(=O)O. The zero-order valence-corrected chi connectivity index (χ0v) is 16.8. The van der Waals surface area contributed by atoms with Crippen molar-refractivity contribution in [3.63, 3.8) is 0 Å². The van der Waals surface area contributed by atoms with E-state index in [0.717, 1.165) is 18.6 Å². The largest absolute Gasteiger partial charge is 0.465 e. The minimum absolute atomic E-state index is 0.00824. The van der Waals surface area contributed by atoms with Crippen LogP contribution in [0, 0.1) is 23.0 Å². The maximum atomic E-state index is 14.5. The van der Waals surface area contributed by atoms with Crippen molar-refractivity contribution < 1.29 is 18.7 Å². The van der Waals surface area contributed by atoms with Crippen molar-refractivity contribution in [3.8, 4) is 6.07 Å². The normalized spacial score (nSPS) is 12.4. The van der Waals surface area contributed by atoms with Gasteiger partial charge in [0.15, 0.2) is 29.1 Å². The molecule has 0 radical (unpaired) electrons. The first-order chi connectivity index (χ1) is 14.3. The van der Waals surface area contributed by atoms with E-state index in [1.54, 1.807) is 6.92 Å². The lowest BCUT2D eigenvalue weighted by Gasteiger charge is -2.25. The Morgan fingerprint density at radius 2 is 1.97 bits per heavy atom. The minimum Gasteiger partial charge on any atom is -0.465 e. The van der Waals surface area contributed by atoms with Gasteiger partial charge < -0.3 is 26.4 Å². The Labute approximate surface area is 172 Å². The topological polar surface area (TPSA) is 135 Å². The van der Waals surface area contributed by atoms with Crippen molar-refractivity contribution in [1.29, 1.82) is 5.26 Å². The van der Waals surface area contributed by atoms with Gasteiger partial charge in [0.25, 0.3) is 0 Å². The molecule has 0 aromatic carbocycles. The highest BCUT2D eigenvalue weighted by molar-refractivity contribution is 5.66. The number of hydrogen-bond donors (Lipinski definition) is 5. The average Bonchev–Trinajstić information content (AvgIpc) is 2.69. The fraction of sp³-hybridized carbons (Fsp3) is 0.368. The Morgan fingerprint density at radius 1 is 1.27 bits per heavy atom. The molecule has 0 aliphatic heterocycles. The summed E-state index contributed by atoms with van der Waals surface area (Å²) in [5.74, 6) is -1.48. The van der Waals surface area contributed by atoms with Gasteiger partial charge in [0.05, 0.1) is 17.4 Å². The van der Waals surface area contributed by atoms with Gasteiger partial charge >= 0.3 is 6.09 Å². The second-order valence-electron chi connectivity index (χ2n) is 6.53. The number of halogens is 2. The van der Waals surface area contributed by atoms with Crippen molar-refractivity contribution in [2.75, 3.05) is 23.0 Å². The third-order valence-electron chi connectivity index (χ3n) is 4.31. The van der Waals surface area contributed by atoms with Crippen LogP contribution in [0.4, 0.5) is 36.7 Å². The quantitative estimate of drug-likeness (QED) is 0.416. The number of carbonyl (C=O) groups is 1. The number of pyridine rings is 2. The molecular formula is C19H23F2N7O2. The van der Waals surface area contributed by atoms with Crippen molar-refractivity contribution >= 4 is 29.2 Å². The number of rotatable bonds is 9. The summed E-state index contributed by atoms with van der Waals surface area (Å²) < 4.78 is 28.5. The smallest absolute Gasteiger partial charge is 0.404 e. The van der Waals surface area contributed by atoms with Crippen LogP contribution in [0.2, 0.25) is 0 Å². The molecule has 2 heterocycles. The molecular weight excluding hydrogens is 396 g/mol. The van der Waals surface area contributed by atoms with E-state index in [1.165, 1.54) is 13.2 Å². The molecule has 160 valence electrons. The molecule has 1 amide bonds. The molecule has 2 rings (SSSR count). The van der Waals surface area contributed by atoms with Crippen LogP contribution >= 0.6 is 0 Å². The highest BCUT2D eigenvalue weighted by atomic mass is 19.1. The number of aromatic nitrogens is 2. The van der Waals surface area contributed by atoms with Crippen LogP contribution in [-0.2, 0) is 0 Å². The second-order valence-corrected chi connectivity index (χ2v) is 6.53. The van der Waals surface area contributed by atoms with E-state index in [9.17, 15) is 18.8 Å². The Bertz CT molecular complexity index is 949. The van der Waals surface area contributed by atoms with Crippen LogP contribution in [-0.4, -0.2) is 40.3 Å². The van der Waals surface area contributed by atoms with Crippen LogP contribution < -0.4 is 21.3 Å². The lowest BCUT2D eigenvalue weighted by molar-refractivity contribution is 0.189. The summed E-state index contributed by atoms with van der Waals surface area (Å²) in [6, 6.07) is 3.04. The number of carboxylic acid groups (broad SMARTS) is 1. The maximum Gasteiger partial charge on any atom is 0.404 e. The standard InChI is InChI=1S/C19H23F2N7O2/c1-4-5-15(10(2)25-19(29)30)27-18-13(20)6-11(8-22)16(28-18)26-12-7-14(21)17(23-3)24-9-12/h6-7,9-10,15,25H,4-5H2,1-3H3,(H,23,24)(H,29,30)(H2,26,27,28)/t10-,15-/m0/s1. The summed E-state index contributed by atoms with van der Waals surface area (Å²) in [6.45, 7) is 3.56. The zero-order chi connectivity index (χ0) is 22.3. The highest BCUT2D eigenvalue weighted by Gasteiger charge is 2.21. The van der Waals surface area contributed by atoms with Gasteiger partial charge in [0.2, 0.25) is 0 Å².